The Bertz CT molecular complexity index is 283. The standard InChI is InChI=1S/C7H6N2O2/c1-11-7(10)6-3-2-5(4-8)9-6/h3H,2H2,1H3. The van der Waals surface area contributed by atoms with Crippen molar-refractivity contribution in [1.29, 1.82) is 5.26 Å². The van der Waals surface area contributed by atoms with Gasteiger partial charge in [-0.15, -0.1) is 0 Å². The molecule has 4 heteroatoms. The van der Waals surface area contributed by atoms with Gasteiger partial charge in [0.15, 0.2) is 0 Å². The third-order valence-corrected chi connectivity index (χ3v) is 1.27. The molecule has 11 heavy (non-hydrogen) atoms. The Labute approximate surface area is 63.8 Å². The second-order valence-electron chi connectivity index (χ2n) is 1.96. The number of methoxy groups -OCH3 is 1. The van der Waals surface area contributed by atoms with Gasteiger partial charge in [-0.05, 0) is 6.08 Å². The van der Waals surface area contributed by atoms with E-state index in [2.05, 4.69) is 9.73 Å². The average molecular weight is 150 g/mol. The molecule has 56 valence electrons. The summed E-state index contributed by atoms with van der Waals surface area (Å²) in [6.45, 7) is 0. The summed E-state index contributed by atoms with van der Waals surface area (Å²) in [6.07, 6.45) is 2.01. The SMILES string of the molecule is COC(=O)C1=CCC(C#N)=N1. The monoisotopic (exact) mass is 150 g/mol. The Morgan fingerprint density at radius 2 is 2.64 bits per heavy atom. The first-order valence-electron chi connectivity index (χ1n) is 3.04. The van der Waals surface area contributed by atoms with Gasteiger partial charge in [0.1, 0.15) is 17.5 Å². The van der Waals surface area contributed by atoms with Crippen LogP contribution in [0.4, 0.5) is 0 Å². The van der Waals surface area contributed by atoms with Gasteiger partial charge >= 0.3 is 5.97 Å². The molecule has 0 amide bonds. The maximum Gasteiger partial charge on any atom is 0.356 e. The quantitative estimate of drug-likeness (QED) is 0.508. The van der Waals surface area contributed by atoms with E-state index in [1.807, 2.05) is 6.07 Å². The van der Waals surface area contributed by atoms with Crippen LogP contribution in [0.15, 0.2) is 16.8 Å². The van der Waals surface area contributed by atoms with Crippen LogP contribution in [0.3, 0.4) is 0 Å². The summed E-state index contributed by atoms with van der Waals surface area (Å²) in [5, 5.41) is 8.37. The van der Waals surface area contributed by atoms with Crippen molar-refractivity contribution in [2.75, 3.05) is 7.11 Å². The molecule has 0 aromatic rings. The van der Waals surface area contributed by atoms with E-state index < -0.39 is 5.97 Å². The largest absolute Gasteiger partial charge is 0.464 e. The molecule has 0 aliphatic carbocycles. The highest BCUT2D eigenvalue weighted by Crippen LogP contribution is 2.10. The molecule has 1 rings (SSSR count). The number of nitrogens with zero attached hydrogens (tertiary/aromatic N) is 2. The van der Waals surface area contributed by atoms with E-state index in [1.54, 1.807) is 6.08 Å². The molecule has 1 heterocycles. The van der Waals surface area contributed by atoms with Crippen molar-refractivity contribution >= 4 is 11.7 Å². The lowest BCUT2D eigenvalue weighted by Crippen LogP contribution is -2.00. The van der Waals surface area contributed by atoms with Crippen molar-refractivity contribution in [2.45, 2.75) is 6.42 Å². The fraction of sp³-hybridized carbons (Fsp3) is 0.286. The van der Waals surface area contributed by atoms with Crippen LogP contribution in [-0.2, 0) is 9.53 Å². The van der Waals surface area contributed by atoms with Gasteiger partial charge in [-0.25, -0.2) is 9.79 Å². The number of esters is 1. The second-order valence-corrected chi connectivity index (χ2v) is 1.96. The van der Waals surface area contributed by atoms with Crippen LogP contribution in [0.25, 0.3) is 0 Å². The van der Waals surface area contributed by atoms with Gasteiger partial charge in [0.05, 0.1) is 7.11 Å². The van der Waals surface area contributed by atoms with Crippen LogP contribution in [-0.4, -0.2) is 18.8 Å². The van der Waals surface area contributed by atoms with E-state index in [0.29, 0.717) is 12.1 Å². The minimum absolute atomic E-state index is 0.226. The minimum Gasteiger partial charge on any atom is -0.464 e. The van der Waals surface area contributed by atoms with Gasteiger partial charge in [-0.2, -0.15) is 5.26 Å². The summed E-state index contributed by atoms with van der Waals surface area (Å²) >= 11 is 0. The summed E-state index contributed by atoms with van der Waals surface area (Å²) in [6, 6.07) is 1.86. The number of allylic oxidation sites excluding steroid dienone is 1. The number of nitriles is 1. The van der Waals surface area contributed by atoms with Crippen molar-refractivity contribution in [3.05, 3.63) is 11.8 Å². The highest BCUT2D eigenvalue weighted by atomic mass is 16.5. The Morgan fingerprint density at radius 1 is 1.91 bits per heavy atom. The third kappa shape index (κ3) is 1.44. The topological polar surface area (TPSA) is 62.5 Å². The van der Waals surface area contributed by atoms with E-state index in [1.165, 1.54) is 7.11 Å². The first-order valence-corrected chi connectivity index (χ1v) is 3.04. The minimum atomic E-state index is -0.491. The summed E-state index contributed by atoms with van der Waals surface area (Å²) in [7, 11) is 1.28. The maximum atomic E-state index is 10.8. The summed E-state index contributed by atoms with van der Waals surface area (Å²) in [4.78, 5) is 14.5. The lowest BCUT2D eigenvalue weighted by atomic mass is 10.3. The van der Waals surface area contributed by atoms with Gasteiger partial charge in [0.25, 0.3) is 0 Å². The first kappa shape index (κ1) is 7.48. The van der Waals surface area contributed by atoms with Crippen LogP contribution in [0.5, 0.6) is 0 Å². The van der Waals surface area contributed by atoms with Gasteiger partial charge in [-0.3, -0.25) is 0 Å². The average Bonchev–Trinajstić information content (AvgIpc) is 2.50. The van der Waals surface area contributed by atoms with Crippen molar-refractivity contribution < 1.29 is 9.53 Å². The molecule has 0 bridgehead atoms. The smallest absolute Gasteiger partial charge is 0.356 e. The Hall–Kier alpha value is -1.63. The molecule has 0 aromatic heterocycles. The molecule has 0 aromatic carbocycles. The number of hydrogen-bond donors (Lipinski definition) is 0. The Balaban J connectivity index is 2.73. The highest BCUT2D eigenvalue weighted by molar-refractivity contribution is 6.06. The van der Waals surface area contributed by atoms with Crippen LogP contribution >= 0.6 is 0 Å². The molecule has 1 aliphatic rings. The van der Waals surface area contributed by atoms with Crippen LogP contribution < -0.4 is 0 Å². The molecule has 0 fully saturated rings. The van der Waals surface area contributed by atoms with E-state index >= 15 is 0 Å². The molecular weight excluding hydrogens is 144 g/mol. The second kappa shape index (κ2) is 2.97. The van der Waals surface area contributed by atoms with Gasteiger partial charge in [0.2, 0.25) is 0 Å². The van der Waals surface area contributed by atoms with E-state index in [9.17, 15) is 4.79 Å². The fourth-order valence-corrected chi connectivity index (χ4v) is 0.734. The zero-order valence-corrected chi connectivity index (χ0v) is 6.00. The zero-order chi connectivity index (χ0) is 8.27. The number of carbonyl (C=O) groups is 1. The van der Waals surface area contributed by atoms with Gasteiger partial charge < -0.3 is 4.74 Å². The van der Waals surface area contributed by atoms with Crippen molar-refractivity contribution in [2.24, 2.45) is 4.99 Å². The van der Waals surface area contributed by atoms with Crippen LogP contribution in [0.2, 0.25) is 0 Å². The maximum absolute atomic E-state index is 10.8. The summed E-state index contributed by atoms with van der Waals surface area (Å²) < 4.78 is 4.40. The first-order chi connectivity index (χ1) is 5.27. The molecule has 0 unspecified atom stereocenters. The molecule has 0 saturated heterocycles. The predicted octanol–water partition coefficient (Wildman–Crippen LogP) is 0.412. The van der Waals surface area contributed by atoms with Crippen molar-refractivity contribution in [1.82, 2.24) is 0 Å². The van der Waals surface area contributed by atoms with E-state index in [0.717, 1.165) is 0 Å². The number of rotatable bonds is 1. The molecule has 0 N–H and O–H groups in total. The zero-order valence-electron chi connectivity index (χ0n) is 6.00. The van der Waals surface area contributed by atoms with Gasteiger partial charge in [-0.1, -0.05) is 0 Å². The molecular formula is C7H6N2O2. The normalized spacial score (nSPS) is 14.9. The number of hydrogen-bond acceptors (Lipinski definition) is 4. The number of ether oxygens (including phenoxy) is 1. The molecule has 0 spiro atoms. The highest BCUT2D eigenvalue weighted by Gasteiger charge is 2.14. The number of carbonyl (C=O) groups excluding carboxylic acids is 1. The molecule has 0 saturated carbocycles. The van der Waals surface area contributed by atoms with Crippen LogP contribution in [0.1, 0.15) is 6.42 Å². The van der Waals surface area contributed by atoms with E-state index in [-0.39, 0.29) is 5.70 Å². The lowest BCUT2D eigenvalue weighted by molar-refractivity contribution is -0.136. The lowest BCUT2D eigenvalue weighted by Gasteiger charge is -1.92. The predicted molar refractivity (Wildman–Crippen MR) is 37.8 cm³/mol. The molecule has 0 atom stereocenters. The fourth-order valence-electron chi connectivity index (χ4n) is 0.734. The van der Waals surface area contributed by atoms with Crippen molar-refractivity contribution in [3.8, 4) is 6.07 Å². The molecule has 0 radical (unpaired) electrons. The third-order valence-electron chi connectivity index (χ3n) is 1.27. The van der Waals surface area contributed by atoms with E-state index in [4.69, 9.17) is 5.26 Å². The Morgan fingerprint density at radius 3 is 3.09 bits per heavy atom. The molecule has 1 aliphatic heterocycles. The summed E-state index contributed by atoms with van der Waals surface area (Å²) in [5.41, 5.74) is 0.578. The number of aliphatic imine (C=N–C) groups is 1. The van der Waals surface area contributed by atoms with Gasteiger partial charge in [0, 0.05) is 6.42 Å². The summed E-state index contributed by atoms with van der Waals surface area (Å²) in [5.74, 6) is -0.491. The van der Waals surface area contributed by atoms with Crippen LogP contribution in [0, 0.1) is 11.3 Å². The van der Waals surface area contributed by atoms with Crippen molar-refractivity contribution in [3.63, 3.8) is 0 Å². The molecule has 4 nitrogen and oxygen atoms in total. The Kier molecular flexibility index (Phi) is 2.02.